The van der Waals surface area contributed by atoms with E-state index in [-0.39, 0.29) is 5.82 Å². The zero-order valence-electron chi connectivity index (χ0n) is 10.8. The molecule has 2 rings (SSSR count). The molecule has 3 nitrogen and oxygen atoms in total. The summed E-state index contributed by atoms with van der Waals surface area (Å²) in [5.41, 5.74) is 1.34. The second-order valence-corrected chi connectivity index (χ2v) is 4.60. The van der Waals surface area contributed by atoms with Crippen molar-refractivity contribution in [2.24, 2.45) is 0 Å². The lowest BCUT2D eigenvalue weighted by molar-refractivity contribution is -0.141. The van der Waals surface area contributed by atoms with Crippen LogP contribution < -0.4 is 5.32 Å². The Labute approximate surface area is 121 Å². The Kier molecular flexibility index (Phi) is 4.58. The number of halogens is 2. The van der Waals surface area contributed by atoms with Gasteiger partial charge in [0, 0.05) is 10.7 Å². The SMILES string of the molecule is COC(=O)C(Nc1ccc(Cl)cc1)c1ccc(F)cc1. The summed E-state index contributed by atoms with van der Waals surface area (Å²) in [6.45, 7) is 0. The molecule has 1 atom stereocenters. The topological polar surface area (TPSA) is 38.3 Å². The van der Waals surface area contributed by atoms with E-state index >= 15 is 0 Å². The number of rotatable bonds is 4. The highest BCUT2D eigenvalue weighted by atomic mass is 35.5. The van der Waals surface area contributed by atoms with Crippen LogP contribution in [0.2, 0.25) is 5.02 Å². The lowest BCUT2D eigenvalue weighted by Gasteiger charge is -2.18. The van der Waals surface area contributed by atoms with Crippen molar-refractivity contribution in [3.8, 4) is 0 Å². The van der Waals surface area contributed by atoms with Gasteiger partial charge in [0.15, 0.2) is 6.04 Å². The number of nitrogens with one attached hydrogen (secondary N) is 1. The number of hydrogen-bond acceptors (Lipinski definition) is 3. The Morgan fingerprint density at radius 1 is 1.15 bits per heavy atom. The largest absolute Gasteiger partial charge is 0.467 e. The number of carbonyl (C=O) groups is 1. The lowest BCUT2D eigenvalue weighted by atomic mass is 10.1. The molecule has 2 aromatic carbocycles. The van der Waals surface area contributed by atoms with Crippen molar-refractivity contribution in [3.05, 3.63) is 64.9 Å². The molecular formula is C15H13ClFNO2. The average molecular weight is 294 g/mol. The van der Waals surface area contributed by atoms with Crippen LogP contribution in [0.3, 0.4) is 0 Å². The van der Waals surface area contributed by atoms with Gasteiger partial charge in [0.2, 0.25) is 0 Å². The molecule has 0 radical (unpaired) electrons. The van der Waals surface area contributed by atoms with Crippen molar-refractivity contribution in [1.29, 1.82) is 0 Å². The second-order valence-electron chi connectivity index (χ2n) is 4.16. The molecule has 1 unspecified atom stereocenters. The van der Waals surface area contributed by atoms with Gasteiger partial charge in [-0.1, -0.05) is 23.7 Å². The fourth-order valence-electron chi connectivity index (χ4n) is 1.76. The van der Waals surface area contributed by atoms with Crippen LogP contribution in [0, 0.1) is 5.82 Å². The maximum atomic E-state index is 13.0. The van der Waals surface area contributed by atoms with Crippen LogP contribution in [0.25, 0.3) is 0 Å². The average Bonchev–Trinajstić information content (AvgIpc) is 2.47. The van der Waals surface area contributed by atoms with Gasteiger partial charge in [0.1, 0.15) is 5.82 Å². The summed E-state index contributed by atoms with van der Waals surface area (Å²) in [5, 5.41) is 3.64. The second kappa shape index (κ2) is 6.39. The number of benzene rings is 2. The maximum absolute atomic E-state index is 13.0. The smallest absolute Gasteiger partial charge is 0.332 e. The molecule has 1 N–H and O–H groups in total. The van der Waals surface area contributed by atoms with Gasteiger partial charge in [-0.15, -0.1) is 0 Å². The quantitative estimate of drug-likeness (QED) is 0.871. The highest BCUT2D eigenvalue weighted by molar-refractivity contribution is 6.30. The first-order valence-corrected chi connectivity index (χ1v) is 6.33. The van der Waals surface area contributed by atoms with Gasteiger partial charge in [-0.25, -0.2) is 9.18 Å². The van der Waals surface area contributed by atoms with Crippen molar-refractivity contribution < 1.29 is 13.9 Å². The number of ether oxygens (including phenoxy) is 1. The Morgan fingerprint density at radius 3 is 2.30 bits per heavy atom. The molecule has 104 valence electrons. The number of anilines is 1. The molecule has 2 aromatic rings. The van der Waals surface area contributed by atoms with Gasteiger partial charge in [0.05, 0.1) is 7.11 Å². The van der Waals surface area contributed by atoms with Crippen LogP contribution in [-0.4, -0.2) is 13.1 Å². The molecule has 0 saturated carbocycles. The van der Waals surface area contributed by atoms with Gasteiger partial charge in [-0.3, -0.25) is 0 Å². The van der Waals surface area contributed by atoms with Crippen molar-refractivity contribution in [3.63, 3.8) is 0 Å². The van der Waals surface area contributed by atoms with Crippen molar-refractivity contribution in [2.75, 3.05) is 12.4 Å². The maximum Gasteiger partial charge on any atom is 0.332 e. The first-order valence-electron chi connectivity index (χ1n) is 5.95. The molecule has 0 aliphatic rings. The van der Waals surface area contributed by atoms with Gasteiger partial charge < -0.3 is 10.1 Å². The van der Waals surface area contributed by atoms with Crippen molar-refractivity contribution in [1.82, 2.24) is 0 Å². The summed E-state index contributed by atoms with van der Waals surface area (Å²) in [6.07, 6.45) is 0. The summed E-state index contributed by atoms with van der Waals surface area (Å²) in [4.78, 5) is 11.9. The van der Waals surface area contributed by atoms with E-state index in [4.69, 9.17) is 16.3 Å². The van der Waals surface area contributed by atoms with E-state index in [1.165, 1.54) is 19.2 Å². The van der Waals surface area contributed by atoms with Crippen molar-refractivity contribution in [2.45, 2.75) is 6.04 Å². The molecule has 0 aliphatic carbocycles. The van der Waals surface area contributed by atoms with E-state index in [1.807, 2.05) is 0 Å². The number of carbonyl (C=O) groups excluding carboxylic acids is 1. The summed E-state index contributed by atoms with van der Waals surface area (Å²) in [7, 11) is 1.31. The Bertz CT molecular complexity index is 584. The van der Waals surface area contributed by atoms with E-state index in [1.54, 1.807) is 36.4 Å². The number of esters is 1. The van der Waals surface area contributed by atoms with Crippen molar-refractivity contribution >= 4 is 23.3 Å². The van der Waals surface area contributed by atoms with E-state index in [0.717, 1.165) is 0 Å². The molecule has 0 fully saturated rings. The molecule has 0 heterocycles. The molecule has 0 saturated heterocycles. The molecule has 0 aliphatic heterocycles. The molecule has 5 heteroatoms. The third-order valence-corrected chi connectivity index (χ3v) is 3.05. The summed E-state index contributed by atoms with van der Waals surface area (Å²) >= 11 is 5.81. The first kappa shape index (κ1) is 14.3. The van der Waals surface area contributed by atoms with Gasteiger partial charge in [-0.05, 0) is 42.0 Å². The van der Waals surface area contributed by atoms with E-state index in [0.29, 0.717) is 16.3 Å². The fourth-order valence-corrected chi connectivity index (χ4v) is 1.89. The van der Waals surface area contributed by atoms with Crippen LogP contribution in [0.15, 0.2) is 48.5 Å². The first-order chi connectivity index (χ1) is 9.60. The third-order valence-electron chi connectivity index (χ3n) is 2.80. The minimum Gasteiger partial charge on any atom is -0.467 e. The summed E-state index contributed by atoms with van der Waals surface area (Å²) in [5.74, 6) is -0.810. The Morgan fingerprint density at radius 2 is 1.75 bits per heavy atom. The summed E-state index contributed by atoms with van der Waals surface area (Å²) < 4.78 is 17.7. The number of hydrogen-bond donors (Lipinski definition) is 1. The van der Waals surface area contributed by atoms with E-state index in [9.17, 15) is 9.18 Å². The highest BCUT2D eigenvalue weighted by Crippen LogP contribution is 2.22. The molecule has 0 bridgehead atoms. The molecule has 0 spiro atoms. The summed E-state index contributed by atoms with van der Waals surface area (Å²) in [6, 6.07) is 11.9. The monoisotopic (exact) mass is 293 g/mol. The molecule has 0 amide bonds. The standard InChI is InChI=1S/C15H13ClFNO2/c1-20-15(19)14(10-2-6-12(17)7-3-10)18-13-8-4-11(16)5-9-13/h2-9,14,18H,1H3. The van der Waals surface area contributed by atoms with Crippen LogP contribution >= 0.6 is 11.6 Å². The molecule has 20 heavy (non-hydrogen) atoms. The fraction of sp³-hybridized carbons (Fsp3) is 0.133. The van der Waals surface area contributed by atoms with Crippen LogP contribution in [0.1, 0.15) is 11.6 Å². The van der Waals surface area contributed by atoms with Gasteiger partial charge in [0.25, 0.3) is 0 Å². The zero-order valence-corrected chi connectivity index (χ0v) is 11.5. The Hall–Kier alpha value is -2.07. The van der Waals surface area contributed by atoms with Crippen LogP contribution in [-0.2, 0) is 9.53 Å². The van der Waals surface area contributed by atoms with Gasteiger partial charge in [-0.2, -0.15) is 0 Å². The molecular weight excluding hydrogens is 281 g/mol. The zero-order chi connectivity index (χ0) is 14.5. The predicted molar refractivity (Wildman–Crippen MR) is 76.2 cm³/mol. The van der Waals surface area contributed by atoms with E-state index in [2.05, 4.69) is 5.32 Å². The normalized spacial score (nSPS) is 11.8. The lowest BCUT2D eigenvalue weighted by Crippen LogP contribution is -2.22. The minimum absolute atomic E-state index is 0.358. The highest BCUT2D eigenvalue weighted by Gasteiger charge is 2.21. The molecule has 0 aromatic heterocycles. The van der Waals surface area contributed by atoms with Crippen LogP contribution in [0.5, 0.6) is 0 Å². The number of methoxy groups -OCH3 is 1. The van der Waals surface area contributed by atoms with Crippen LogP contribution in [0.4, 0.5) is 10.1 Å². The Balaban J connectivity index is 2.26. The van der Waals surface area contributed by atoms with Gasteiger partial charge >= 0.3 is 5.97 Å². The third kappa shape index (κ3) is 3.48. The van der Waals surface area contributed by atoms with E-state index < -0.39 is 12.0 Å². The predicted octanol–water partition coefficient (Wildman–Crippen LogP) is 3.81. The minimum atomic E-state index is -0.707.